The Morgan fingerprint density at radius 3 is 2.69 bits per heavy atom. The van der Waals surface area contributed by atoms with E-state index in [1.54, 1.807) is 28.9 Å². The molecule has 0 amide bonds. The average molecular weight is 461 g/mol. The van der Waals surface area contributed by atoms with Gasteiger partial charge in [0, 0.05) is 20.2 Å². The minimum absolute atomic E-state index is 0.0671. The molecule has 1 aromatic carbocycles. The molecule has 0 fully saturated rings. The van der Waals surface area contributed by atoms with E-state index in [1.807, 2.05) is 6.08 Å². The first-order valence-corrected chi connectivity index (χ1v) is 10.6. The van der Waals surface area contributed by atoms with E-state index >= 15 is 0 Å². The van der Waals surface area contributed by atoms with Gasteiger partial charge in [-0.3, -0.25) is 18.5 Å². The Morgan fingerprint density at radius 1 is 1.25 bits per heavy atom. The molecule has 0 aliphatic heterocycles. The normalized spacial score (nSPS) is 15.9. The van der Waals surface area contributed by atoms with Crippen LogP contribution in [0.4, 0.5) is 4.39 Å². The molecule has 1 aliphatic carbocycles. The van der Waals surface area contributed by atoms with Gasteiger partial charge in [0.1, 0.15) is 11.6 Å². The van der Waals surface area contributed by atoms with Crippen LogP contribution < -0.4 is 16.0 Å². The molecular formula is C22H22ClFN4O4. The first kappa shape index (κ1) is 22.0. The minimum atomic E-state index is -0.538. The Hall–Kier alpha value is -3.17. The largest absolute Gasteiger partial charge is 0.426 e. The van der Waals surface area contributed by atoms with Gasteiger partial charge in [-0.15, -0.1) is 11.6 Å². The Morgan fingerprint density at radius 2 is 2.00 bits per heavy atom. The van der Waals surface area contributed by atoms with Crippen molar-refractivity contribution < 1.29 is 14.2 Å². The maximum Gasteiger partial charge on any atom is 0.332 e. The molecule has 10 heteroatoms. The van der Waals surface area contributed by atoms with Crippen molar-refractivity contribution in [1.29, 1.82) is 0 Å². The number of benzene rings is 1. The van der Waals surface area contributed by atoms with Gasteiger partial charge in [0.25, 0.3) is 5.56 Å². The summed E-state index contributed by atoms with van der Waals surface area (Å²) < 4.78 is 23.3. The summed E-state index contributed by atoms with van der Waals surface area (Å²) in [5, 5.41) is 8.92. The molecule has 0 spiro atoms. The molecule has 1 aliphatic rings. The lowest BCUT2D eigenvalue weighted by atomic mass is 10.2. The lowest BCUT2D eigenvalue weighted by molar-refractivity contribution is 0.277. The second kappa shape index (κ2) is 9.13. The van der Waals surface area contributed by atoms with Crippen molar-refractivity contribution in [3.63, 3.8) is 0 Å². The van der Waals surface area contributed by atoms with Gasteiger partial charge in [-0.25, -0.2) is 9.18 Å². The standard InChI is InChI=1S/C22H22ClFN4O4/c1-26-19-18(20(30)27(22(26)31)10-3-11-29)28(13-14-6-8-16(24)9-7-14)21(25-19)32-17-5-2-4-15(23)12-17/h2,5-9,12,15,29H,3-4,10-11,13H2,1H3. The predicted molar refractivity (Wildman–Crippen MR) is 119 cm³/mol. The summed E-state index contributed by atoms with van der Waals surface area (Å²) in [4.78, 5) is 30.4. The second-order valence-corrected chi connectivity index (χ2v) is 8.04. The molecule has 168 valence electrons. The Balaban J connectivity index is 1.91. The van der Waals surface area contributed by atoms with Crippen molar-refractivity contribution in [3.8, 4) is 6.01 Å². The van der Waals surface area contributed by atoms with Crippen molar-refractivity contribution >= 4 is 22.8 Å². The molecule has 1 N–H and O–H groups in total. The lowest BCUT2D eigenvalue weighted by Gasteiger charge is -2.14. The molecule has 0 saturated carbocycles. The molecule has 1 unspecified atom stereocenters. The monoisotopic (exact) mass is 460 g/mol. The van der Waals surface area contributed by atoms with Crippen LogP contribution in [0.25, 0.3) is 11.2 Å². The first-order chi connectivity index (χ1) is 15.4. The number of rotatable bonds is 7. The lowest BCUT2D eigenvalue weighted by Crippen LogP contribution is -2.39. The number of halogens is 2. The van der Waals surface area contributed by atoms with Gasteiger partial charge in [-0.1, -0.05) is 18.2 Å². The summed E-state index contributed by atoms with van der Waals surface area (Å²) in [6, 6.07) is 5.97. The van der Waals surface area contributed by atoms with Crippen molar-refractivity contribution in [2.45, 2.75) is 31.3 Å². The number of alkyl halides is 1. The van der Waals surface area contributed by atoms with E-state index in [9.17, 15) is 14.0 Å². The molecule has 4 rings (SSSR count). The van der Waals surface area contributed by atoms with Crippen molar-refractivity contribution in [2.75, 3.05) is 6.61 Å². The number of aromatic nitrogens is 4. The zero-order valence-electron chi connectivity index (χ0n) is 17.4. The van der Waals surface area contributed by atoms with Crippen LogP contribution in [-0.2, 0) is 20.1 Å². The number of imidazole rings is 1. The van der Waals surface area contributed by atoms with Gasteiger partial charge < -0.3 is 9.84 Å². The molecule has 8 nitrogen and oxygen atoms in total. The Labute approximate surface area is 187 Å². The molecular weight excluding hydrogens is 439 g/mol. The summed E-state index contributed by atoms with van der Waals surface area (Å²) in [7, 11) is 1.52. The second-order valence-electron chi connectivity index (χ2n) is 7.48. The van der Waals surface area contributed by atoms with Gasteiger partial charge in [-0.05, 0) is 42.7 Å². The van der Waals surface area contributed by atoms with E-state index in [-0.39, 0.29) is 54.5 Å². The molecule has 32 heavy (non-hydrogen) atoms. The summed E-state index contributed by atoms with van der Waals surface area (Å²) in [5.74, 6) is 0.0950. The van der Waals surface area contributed by atoms with Crippen LogP contribution in [0.2, 0.25) is 0 Å². The molecule has 0 saturated heterocycles. The fourth-order valence-electron chi connectivity index (χ4n) is 3.56. The van der Waals surface area contributed by atoms with Crippen LogP contribution in [0.5, 0.6) is 6.01 Å². The summed E-state index contributed by atoms with van der Waals surface area (Å²) in [6.45, 7) is 0.0788. The highest BCUT2D eigenvalue weighted by Gasteiger charge is 2.22. The Kier molecular flexibility index (Phi) is 6.29. The van der Waals surface area contributed by atoms with E-state index < -0.39 is 11.2 Å². The Bertz CT molecular complexity index is 1320. The molecule has 2 aromatic heterocycles. The summed E-state index contributed by atoms with van der Waals surface area (Å²) in [5.41, 5.74) is -0.0163. The van der Waals surface area contributed by atoms with Gasteiger partial charge in [-0.2, -0.15) is 4.98 Å². The van der Waals surface area contributed by atoms with Crippen LogP contribution in [0.3, 0.4) is 0 Å². The topological polar surface area (TPSA) is 91.3 Å². The van der Waals surface area contributed by atoms with Crippen LogP contribution in [0.15, 0.2) is 57.8 Å². The maximum absolute atomic E-state index is 13.4. The zero-order chi connectivity index (χ0) is 22.8. The number of nitrogens with zero attached hydrogens (tertiary/aromatic N) is 4. The fourth-order valence-corrected chi connectivity index (χ4v) is 3.79. The van der Waals surface area contributed by atoms with E-state index in [2.05, 4.69) is 4.98 Å². The maximum atomic E-state index is 13.4. The van der Waals surface area contributed by atoms with Gasteiger partial charge in [0.2, 0.25) is 0 Å². The van der Waals surface area contributed by atoms with Crippen LogP contribution in [0.1, 0.15) is 18.4 Å². The van der Waals surface area contributed by atoms with Crippen molar-refractivity contribution in [2.24, 2.45) is 7.05 Å². The average Bonchev–Trinajstić information content (AvgIpc) is 3.12. The van der Waals surface area contributed by atoms with Crippen molar-refractivity contribution in [1.82, 2.24) is 18.7 Å². The number of allylic oxidation sites excluding steroid dienone is 3. The number of aliphatic hydroxyl groups excluding tert-OH is 1. The summed E-state index contributed by atoms with van der Waals surface area (Å²) >= 11 is 6.19. The minimum Gasteiger partial charge on any atom is -0.426 e. The fraction of sp³-hybridized carbons (Fsp3) is 0.318. The van der Waals surface area contributed by atoms with Crippen LogP contribution in [0, 0.1) is 5.82 Å². The highest BCUT2D eigenvalue weighted by molar-refractivity contribution is 6.22. The number of hydrogen-bond donors (Lipinski definition) is 1. The number of aliphatic hydroxyl groups is 1. The van der Waals surface area contributed by atoms with E-state index in [0.29, 0.717) is 17.7 Å². The van der Waals surface area contributed by atoms with Crippen molar-refractivity contribution in [3.05, 3.63) is 80.5 Å². The molecule has 2 heterocycles. The third-order valence-electron chi connectivity index (χ3n) is 5.19. The molecule has 3 aromatic rings. The third-order valence-corrected chi connectivity index (χ3v) is 5.49. The smallest absolute Gasteiger partial charge is 0.332 e. The zero-order valence-corrected chi connectivity index (χ0v) is 18.1. The quantitative estimate of drug-likeness (QED) is 0.546. The summed E-state index contributed by atoms with van der Waals surface area (Å²) in [6.07, 6.45) is 6.30. The van der Waals surface area contributed by atoms with Crippen LogP contribution in [-0.4, -0.2) is 35.8 Å². The van der Waals surface area contributed by atoms with E-state index in [1.165, 1.54) is 23.7 Å². The third kappa shape index (κ3) is 4.26. The number of ether oxygens (including phenoxy) is 1. The van der Waals surface area contributed by atoms with Gasteiger partial charge in [0.05, 0.1) is 11.9 Å². The van der Waals surface area contributed by atoms with E-state index in [0.717, 1.165) is 4.57 Å². The van der Waals surface area contributed by atoms with Gasteiger partial charge in [0.15, 0.2) is 11.2 Å². The number of fused-ring (bicyclic) bond motifs is 1. The SMILES string of the molecule is Cn1c(=O)n(CCCO)c(=O)c2c1nc(OC1=CC(Cl)CC=C1)n2Cc1ccc(F)cc1. The number of aryl methyl sites for hydroxylation is 1. The highest BCUT2D eigenvalue weighted by Crippen LogP contribution is 2.24. The van der Waals surface area contributed by atoms with E-state index in [4.69, 9.17) is 21.4 Å². The molecule has 0 bridgehead atoms. The predicted octanol–water partition coefficient (Wildman–Crippen LogP) is 2.30. The van der Waals surface area contributed by atoms with Crippen LogP contribution >= 0.6 is 11.6 Å². The van der Waals surface area contributed by atoms with Gasteiger partial charge >= 0.3 is 11.7 Å². The molecule has 1 atom stereocenters. The first-order valence-electron chi connectivity index (χ1n) is 10.1. The molecule has 0 radical (unpaired) electrons. The number of hydrogen-bond acceptors (Lipinski definition) is 5. The highest BCUT2D eigenvalue weighted by atomic mass is 35.5.